The molecule has 0 spiro atoms. The molecule has 16 nitrogen and oxygen atoms in total. The predicted molar refractivity (Wildman–Crippen MR) is 247 cm³/mol. The molecule has 4 aromatic rings. The van der Waals surface area contributed by atoms with Crippen molar-refractivity contribution >= 4 is 69.0 Å². The Balaban J connectivity index is 0.677. The largest absolute Gasteiger partial charge is 0.490 e. The summed E-state index contributed by atoms with van der Waals surface area (Å²) < 4.78 is 47.8. The second-order valence-corrected chi connectivity index (χ2v) is 16.6. The fourth-order valence-corrected chi connectivity index (χ4v) is 8.40. The van der Waals surface area contributed by atoms with Gasteiger partial charge in [0.15, 0.2) is 0 Å². The van der Waals surface area contributed by atoms with Gasteiger partial charge < -0.3 is 39.1 Å². The molecule has 356 valence electrons. The van der Waals surface area contributed by atoms with Crippen LogP contribution in [0.3, 0.4) is 0 Å². The van der Waals surface area contributed by atoms with E-state index in [9.17, 15) is 28.4 Å². The van der Waals surface area contributed by atoms with Crippen LogP contribution in [-0.2, 0) is 38.1 Å². The van der Waals surface area contributed by atoms with Crippen molar-refractivity contribution in [2.45, 2.75) is 45.1 Å². The molecule has 3 aliphatic rings. The first-order chi connectivity index (χ1) is 32.6. The van der Waals surface area contributed by atoms with Gasteiger partial charge in [-0.2, -0.15) is 0 Å². The standard InChI is InChI=1S/C49H55ClFN5O11/c1-31(32-5-7-33(8-6-32)36-15-16-52-40-12-9-34(51)29-38(36)40)46(58)54-35-10-11-39(50)43(30-35)67-28-27-66-26-25-65-24-23-64-22-21-63-20-19-62-18-17-53-41-4-2-3-37-45(41)49(61)56(48(37)60)42-13-14-44(57)55-47(42)59/h2-4,7,9-12,15-16,29-32,42,53H,5-6,8,13-14,17-28H2,1H3,(H,54,58)(H,55,57,59)/t31-,32-,42?/m1/s1. The van der Waals surface area contributed by atoms with Gasteiger partial charge >= 0.3 is 0 Å². The van der Waals surface area contributed by atoms with Crippen molar-refractivity contribution in [3.05, 3.63) is 100 Å². The number of pyridine rings is 1. The van der Waals surface area contributed by atoms with Crippen molar-refractivity contribution in [3.63, 3.8) is 0 Å². The predicted octanol–water partition coefficient (Wildman–Crippen LogP) is 6.46. The van der Waals surface area contributed by atoms with Gasteiger partial charge in [0.25, 0.3) is 11.8 Å². The number of imide groups is 2. The van der Waals surface area contributed by atoms with Crippen LogP contribution < -0.4 is 20.7 Å². The van der Waals surface area contributed by atoms with Gasteiger partial charge in [0, 0.05) is 47.9 Å². The number of hydrogen-bond donors (Lipinski definition) is 3. The Labute approximate surface area is 392 Å². The molecule has 0 bridgehead atoms. The van der Waals surface area contributed by atoms with Crippen molar-refractivity contribution in [2.24, 2.45) is 11.8 Å². The highest BCUT2D eigenvalue weighted by molar-refractivity contribution is 6.32. The molecule has 3 aromatic carbocycles. The Morgan fingerprint density at radius 1 is 0.821 bits per heavy atom. The molecule has 5 amide bonds. The molecule has 1 unspecified atom stereocenters. The maximum Gasteiger partial charge on any atom is 0.264 e. The summed E-state index contributed by atoms with van der Waals surface area (Å²) >= 11 is 6.38. The van der Waals surface area contributed by atoms with Crippen molar-refractivity contribution in [2.75, 3.05) is 89.9 Å². The number of piperidine rings is 1. The molecule has 2 aliphatic heterocycles. The van der Waals surface area contributed by atoms with Crippen LogP contribution in [0.2, 0.25) is 5.02 Å². The van der Waals surface area contributed by atoms with E-state index in [1.807, 2.05) is 13.0 Å². The maximum absolute atomic E-state index is 14.0. The number of nitrogens with one attached hydrogen (secondary N) is 3. The topological polar surface area (TPSA) is 193 Å². The van der Waals surface area contributed by atoms with Gasteiger partial charge in [0.1, 0.15) is 24.2 Å². The van der Waals surface area contributed by atoms with Crippen molar-refractivity contribution in [3.8, 4) is 5.75 Å². The quantitative estimate of drug-likeness (QED) is 0.0485. The van der Waals surface area contributed by atoms with Crippen LogP contribution in [0, 0.1) is 17.7 Å². The number of nitrogens with zero attached hydrogens (tertiary/aromatic N) is 2. The van der Waals surface area contributed by atoms with Crippen molar-refractivity contribution in [1.82, 2.24) is 15.2 Å². The van der Waals surface area contributed by atoms with Gasteiger partial charge in [-0.05, 0) is 91.3 Å². The minimum Gasteiger partial charge on any atom is -0.490 e. The third-order valence-corrected chi connectivity index (χ3v) is 12.1. The number of carbonyl (C=O) groups is 5. The molecule has 3 heterocycles. The zero-order chi connectivity index (χ0) is 47.1. The third-order valence-electron chi connectivity index (χ3n) is 11.8. The lowest BCUT2D eigenvalue weighted by atomic mass is 9.79. The minimum absolute atomic E-state index is 0.0548. The zero-order valence-electron chi connectivity index (χ0n) is 37.3. The number of fused-ring (bicyclic) bond motifs is 2. The van der Waals surface area contributed by atoms with Crippen LogP contribution in [0.4, 0.5) is 15.8 Å². The lowest BCUT2D eigenvalue weighted by Gasteiger charge is -2.27. The molecule has 1 fully saturated rings. The first kappa shape index (κ1) is 49.1. The Morgan fingerprint density at radius 2 is 1.52 bits per heavy atom. The molecule has 7 rings (SSSR count). The van der Waals surface area contributed by atoms with Crippen LogP contribution in [0.15, 0.2) is 72.9 Å². The lowest BCUT2D eigenvalue weighted by Crippen LogP contribution is -2.54. The lowest BCUT2D eigenvalue weighted by molar-refractivity contribution is -0.136. The molecule has 1 aromatic heterocycles. The first-order valence-corrected chi connectivity index (χ1v) is 22.9. The number of anilines is 2. The summed E-state index contributed by atoms with van der Waals surface area (Å²) in [6.07, 6.45) is 6.42. The number of benzene rings is 3. The van der Waals surface area contributed by atoms with E-state index in [2.05, 4.69) is 27.0 Å². The summed E-state index contributed by atoms with van der Waals surface area (Å²) in [6.45, 7) is 6.22. The molecule has 3 N–H and O–H groups in total. The second-order valence-electron chi connectivity index (χ2n) is 16.2. The fourth-order valence-electron chi connectivity index (χ4n) is 8.23. The SMILES string of the molecule is C[C@@H](C(=O)Nc1ccc(Cl)c(OCCOCCOCCOCCOCCOCCNc2cccc3c2C(=O)N(C2CCC(=O)NC2=O)C3=O)c1)[C@@H]1CC=C(c2ccnc3ccc(F)cc23)CC1. The number of halogens is 2. The van der Waals surface area contributed by atoms with Crippen molar-refractivity contribution < 1.29 is 56.8 Å². The van der Waals surface area contributed by atoms with Gasteiger partial charge in [-0.15, -0.1) is 0 Å². The fraction of sp³-hybridized carbons (Fsp3) is 0.429. The van der Waals surface area contributed by atoms with Crippen LogP contribution in [0.25, 0.3) is 16.5 Å². The summed E-state index contributed by atoms with van der Waals surface area (Å²) in [5.41, 5.74) is 4.35. The van der Waals surface area contributed by atoms with Crippen LogP contribution in [0.5, 0.6) is 5.75 Å². The first-order valence-electron chi connectivity index (χ1n) is 22.5. The number of amides is 5. The highest BCUT2D eigenvalue weighted by atomic mass is 35.5. The second kappa shape index (κ2) is 24.3. The van der Waals surface area contributed by atoms with E-state index >= 15 is 0 Å². The van der Waals surface area contributed by atoms with E-state index in [0.717, 1.165) is 46.2 Å². The molecular formula is C49H55ClFN5O11. The Bertz CT molecular complexity index is 2450. The van der Waals surface area contributed by atoms with Gasteiger partial charge in [0.05, 0.1) is 87.7 Å². The molecule has 1 saturated heterocycles. The van der Waals surface area contributed by atoms with E-state index in [4.69, 9.17) is 40.0 Å². The molecule has 67 heavy (non-hydrogen) atoms. The number of rotatable bonds is 25. The summed E-state index contributed by atoms with van der Waals surface area (Å²) in [4.78, 5) is 68.7. The summed E-state index contributed by atoms with van der Waals surface area (Å²) in [5, 5.41) is 9.56. The summed E-state index contributed by atoms with van der Waals surface area (Å²) in [6, 6.07) is 15.6. The summed E-state index contributed by atoms with van der Waals surface area (Å²) in [7, 11) is 0. The van der Waals surface area contributed by atoms with Crippen LogP contribution in [-0.4, -0.2) is 125 Å². The van der Waals surface area contributed by atoms with E-state index in [-0.39, 0.29) is 54.1 Å². The summed E-state index contributed by atoms with van der Waals surface area (Å²) in [5.74, 6) is -2.22. The van der Waals surface area contributed by atoms with E-state index in [0.29, 0.717) is 94.8 Å². The van der Waals surface area contributed by atoms with Crippen molar-refractivity contribution in [1.29, 1.82) is 0 Å². The van der Waals surface area contributed by atoms with E-state index < -0.39 is 29.7 Å². The normalized spacial score (nSPS) is 17.6. The monoisotopic (exact) mass is 943 g/mol. The molecular weight excluding hydrogens is 889 g/mol. The highest BCUT2D eigenvalue weighted by Gasteiger charge is 2.45. The van der Waals surface area contributed by atoms with Gasteiger partial charge in [-0.25, -0.2) is 4.39 Å². The number of ether oxygens (including phenoxy) is 6. The number of carbonyl (C=O) groups excluding carboxylic acids is 5. The Hall–Kier alpha value is -5.82. The molecule has 18 heteroatoms. The van der Waals surface area contributed by atoms with E-state index in [1.165, 1.54) is 12.1 Å². The molecule has 1 aliphatic carbocycles. The number of allylic oxidation sites excluding steroid dienone is 2. The van der Waals surface area contributed by atoms with Crippen LogP contribution >= 0.6 is 11.6 Å². The molecule has 0 saturated carbocycles. The van der Waals surface area contributed by atoms with Crippen LogP contribution in [0.1, 0.15) is 65.3 Å². The average molecular weight is 944 g/mol. The maximum atomic E-state index is 14.0. The number of hydrogen-bond acceptors (Lipinski definition) is 13. The molecule has 0 radical (unpaired) electrons. The van der Waals surface area contributed by atoms with E-state index in [1.54, 1.807) is 48.7 Å². The van der Waals surface area contributed by atoms with Gasteiger partial charge in [-0.1, -0.05) is 30.7 Å². The Morgan fingerprint density at radius 3 is 2.21 bits per heavy atom. The highest BCUT2D eigenvalue weighted by Crippen LogP contribution is 2.37. The number of aromatic nitrogens is 1. The smallest absolute Gasteiger partial charge is 0.264 e. The van der Waals surface area contributed by atoms with Gasteiger partial charge in [-0.3, -0.25) is 39.2 Å². The average Bonchev–Trinajstić information content (AvgIpc) is 3.58. The molecule has 3 atom stereocenters. The zero-order valence-corrected chi connectivity index (χ0v) is 38.1. The van der Waals surface area contributed by atoms with Gasteiger partial charge in [0.2, 0.25) is 17.7 Å². The minimum atomic E-state index is -1.02. The Kier molecular flexibility index (Phi) is 17.8. The third kappa shape index (κ3) is 13.0.